The van der Waals surface area contributed by atoms with Crippen LogP contribution >= 0.6 is 11.8 Å². The molecule has 1 saturated heterocycles. The lowest BCUT2D eigenvalue weighted by molar-refractivity contribution is -0.117. The van der Waals surface area contributed by atoms with Crippen LogP contribution in [-0.2, 0) is 4.79 Å². The maximum atomic E-state index is 13.7. The molecule has 1 unspecified atom stereocenters. The van der Waals surface area contributed by atoms with Gasteiger partial charge < -0.3 is 0 Å². The fourth-order valence-corrected chi connectivity index (χ4v) is 4.23. The Labute approximate surface area is 161 Å². The maximum absolute atomic E-state index is 13.7. The highest BCUT2D eigenvalue weighted by Crippen LogP contribution is 2.41. The molecule has 134 valence electrons. The highest BCUT2D eigenvalue weighted by atomic mass is 32.2. The Morgan fingerprint density at radius 1 is 0.926 bits per heavy atom. The number of halogens is 1. The first-order valence-electron chi connectivity index (χ1n) is 8.64. The van der Waals surface area contributed by atoms with E-state index in [0.717, 1.165) is 16.9 Å². The molecule has 1 aliphatic heterocycles. The zero-order valence-corrected chi connectivity index (χ0v) is 15.3. The zero-order valence-electron chi connectivity index (χ0n) is 14.5. The quantitative estimate of drug-likeness (QED) is 0.585. The van der Waals surface area contributed by atoms with Gasteiger partial charge in [-0.1, -0.05) is 60.3 Å². The van der Waals surface area contributed by atoms with Crippen LogP contribution in [0.4, 0.5) is 15.8 Å². The molecule has 1 fully saturated rings. The molecule has 27 heavy (non-hydrogen) atoms. The Hall–Kier alpha value is -2.92. The lowest BCUT2D eigenvalue weighted by Gasteiger charge is -2.32. The summed E-state index contributed by atoms with van der Waals surface area (Å²) >= 11 is 1.48. The summed E-state index contributed by atoms with van der Waals surface area (Å²) in [5.74, 6) is -0.350. The summed E-state index contributed by atoms with van der Waals surface area (Å²) in [5, 5.41) is 0.425. The van der Waals surface area contributed by atoms with Gasteiger partial charge in [-0.25, -0.2) is 9.38 Å². The van der Waals surface area contributed by atoms with E-state index in [1.807, 2.05) is 66.7 Å². The van der Waals surface area contributed by atoms with Gasteiger partial charge in [0.2, 0.25) is 5.91 Å². The molecule has 0 N–H and O–H groups in total. The smallest absolute Gasteiger partial charge is 0.234 e. The summed E-state index contributed by atoms with van der Waals surface area (Å²) < 4.78 is 13.7. The molecule has 1 aliphatic rings. The highest BCUT2D eigenvalue weighted by molar-refractivity contribution is 8.14. The van der Waals surface area contributed by atoms with E-state index in [1.165, 1.54) is 23.9 Å². The van der Waals surface area contributed by atoms with Crippen LogP contribution in [0.3, 0.4) is 0 Å². The third kappa shape index (κ3) is 3.93. The van der Waals surface area contributed by atoms with Gasteiger partial charge in [0, 0.05) is 11.7 Å². The van der Waals surface area contributed by atoms with Gasteiger partial charge in [-0.15, -0.1) is 0 Å². The summed E-state index contributed by atoms with van der Waals surface area (Å²) in [5.41, 5.74) is 2.35. The van der Waals surface area contributed by atoms with Crippen LogP contribution in [0, 0.1) is 5.82 Å². The van der Waals surface area contributed by atoms with E-state index in [4.69, 9.17) is 4.99 Å². The Bertz CT molecular complexity index is 976. The third-order valence-electron chi connectivity index (χ3n) is 4.26. The third-order valence-corrected chi connectivity index (χ3v) is 5.47. The number of aliphatic imine (C=N–C) groups is 1. The van der Waals surface area contributed by atoms with Crippen molar-refractivity contribution in [3.05, 3.63) is 96.3 Å². The minimum atomic E-state index is -0.299. The van der Waals surface area contributed by atoms with Gasteiger partial charge in [-0.2, -0.15) is 0 Å². The second kappa shape index (κ2) is 7.76. The van der Waals surface area contributed by atoms with E-state index in [0.29, 0.717) is 5.17 Å². The highest BCUT2D eigenvalue weighted by Gasteiger charge is 2.34. The Kier molecular flexibility index (Phi) is 5.03. The first-order chi connectivity index (χ1) is 13.2. The number of hydrogen-bond acceptors (Lipinski definition) is 3. The van der Waals surface area contributed by atoms with Crippen molar-refractivity contribution in [2.45, 2.75) is 11.7 Å². The average molecular weight is 376 g/mol. The molecule has 3 aromatic carbocycles. The predicted octanol–water partition coefficient (Wildman–Crippen LogP) is 5.72. The van der Waals surface area contributed by atoms with Crippen LogP contribution in [0.2, 0.25) is 0 Å². The monoisotopic (exact) mass is 376 g/mol. The van der Waals surface area contributed by atoms with Crippen LogP contribution < -0.4 is 4.90 Å². The molecule has 1 heterocycles. The topological polar surface area (TPSA) is 32.7 Å². The minimum absolute atomic E-state index is 0.0520. The fraction of sp³-hybridized carbons (Fsp3) is 0.0909. The zero-order chi connectivity index (χ0) is 18.6. The average Bonchev–Trinajstić information content (AvgIpc) is 2.69. The molecule has 0 aliphatic carbocycles. The van der Waals surface area contributed by atoms with E-state index >= 15 is 0 Å². The first-order valence-corrected chi connectivity index (χ1v) is 9.52. The van der Waals surface area contributed by atoms with Gasteiger partial charge in [0.05, 0.1) is 11.4 Å². The maximum Gasteiger partial charge on any atom is 0.234 e. The van der Waals surface area contributed by atoms with Crippen molar-refractivity contribution in [3.8, 4) is 0 Å². The van der Waals surface area contributed by atoms with E-state index in [2.05, 4.69) is 0 Å². The van der Waals surface area contributed by atoms with Crippen molar-refractivity contribution >= 4 is 34.2 Å². The van der Waals surface area contributed by atoms with Gasteiger partial charge in [0.25, 0.3) is 0 Å². The number of benzene rings is 3. The van der Waals surface area contributed by atoms with Crippen molar-refractivity contribution in [3.63, 3.8) is 0 Å². The molecule has 1 atom stereocenters. The van der Waals surface area contributed by atoms with E-state index in [-0.39, 0.29) is 23.4 Å². The summed E-state index contributed by atoms with van der Waals surface area (Å²) in [6.45, 7) is 0. The largest absolute Gasteiger partial charge is 0.274 e. The van der Waals surface area contributed by atoms with E-state index in [1.54, 1.807) is 11.0 Å². The molecule has 3 nitrogen and oxygen atoms in total. The molecule has 5 heteroatoms. The number of thioether (sulfide) groups is 1. The molecule has 0 bridgehead atoms. The van der Waals surface area contributed by atoms with Crippen molar-refractivity contribution in [2.75, 3.05) is 4.90 Å². The number of carbonyl (C=O) groups excluding carboxylic acids is 1. The van der Waals surface area contributed by atoms with E-state index in [9.17, 15) is 9.18 Å². The summed E-state index contributed by atoms with van der Waals surface area (Å²) in [6.07, 6.45) is 0.289. The standard InChI is InChI=1S/C22H17FN2OS/c23-17-9-7-8-16(14-17)20-15-21(26)25(19-12-5-2-6-13-19)22(27-20)24-18-10-3-1-4-11-18/h1-14,20H,15H2. The lowest BCUT2D eigenvalue weighted by atomic mass is 10.1. The second-order valence-electron chi connectivity index (χ2n) is 6.16. The van der Waals surface area contributed by atoms with Crippen LogP contribution in [0.5, 0.6) is 0 Å². The van der Waals surface area contributed by atoms with E-state index < -0.39 is 0 Å². The molecule has 0 saturated carbocycles. The van der Waals surface area contributed by atoms with Gasteiger partial charge in [-0.05, 0) is 42.0 Å². The molecule has 0 aromatic heterocycles. The molecular formula is C22H17FN2OS. The number of nitrogens with zero attached hydrogens (tertiary/aromatic N) is 2. The summed E-state index contributed by atoms with van der Waals surface area (Å²) in [6, 6.07) is 25.4. The van der Waals surface area contributed by atoms with Gasteiger partial charge in [-0.3, -0.25) is 9.69 Å². The number of amides is 1. The minimum Gasteiger partial charge on any atom is -0.274 e. The Morgan fingerprint density at radius 2 is 1.63 bits per heavy atom. The molecule has 4 rings (SSSR count). The first kappa shape index (κ1) is 17.5. The number of anilines is 1. The Morgan fingerprint density at radius 3 is 2.33 bits per heavy atom. The molecule has 1 amide bonds. The van der Waals surface area contributed by atoms with Crippen molar-refractivity contribution in [1.82, 2.24) is 0 Å². The number of amidine groups is 1. The van der Waals surface area contributed by atoms with Gasteiger partial charge >= 0.3 is 0 Å². The SMILES string of the molecule is O=C1CC(c2cccc(F)c2)SC(=Nc2ccccc2)N1c1ccccc1. The predicted molar refractivity (Wildman–Crippen MR) is 109 cm³/mol. The number of para-hydroxylation sites is 2. The fourth-order valence-electron chi connectivity index (χ4n) is 2.99. The lowest BCUT2D eigenvalue weighted by Crippen LogP contribution is -2.40. The van der Waals surface area contributed by atoms with Gasteiger partial charge in [0.1, 0.15) is 5.82 Å². The molecular weight excluding hydrogens is 359 g/mol. The Balaban J connectivity index is 1.75. The van der Waals surface area contributed by atoms with Crippen LogP contribution in [0.1, 0.15) is 17.2 Å². The second-order valence-corrected chi connectivity index (χ2v) is 7.33. The van der Waals surface area contributed by atoms with Crippen LogP contribution in [0.15, 0.2) is 89.9 Å². The number of hydrogen-bond donors (Lipinski definition) is 0. The number of rotatable bonds is 3. The van der Waals surface area contributed by atoms with Gasteiger partial charge in [0.15, 0.2) is 5.17 Å². The number of carbonyl (C=O) groups is 1. The van der Waals surface area contributed by atoms with Crippen LogP contribution in [-0.4, -0.2) is 11.1 Å². The van der Waals surface area contributed by atoms with Crippen molar-refractivity contribution in [1.29, 1.82) is 0 Å². The summed E-state index contributed by atoms with van der Waals surface area (Å²) in [7, 11) is 0. The molecule has 3 aromatic rings. The van der Waals surface area contributed by atoms with Crippen molar-refractivity contribution in [2.24, 2.45) is 4.99 Å². The molecule has 0 radical (unpaired) electrons. The molecule has 0 spiro atoms. The van der Waals surface area contributed by atoms with Crippen LogP contribution in [0.25, 0.3) is 0 Å². The normalized spacial score (nSPS) is 18.7. The van der Waals surface area contributed by atoms with Crippen molar-refractivity contribution < 1.29 is 9.18 Å². The summed E-state index contributed by atoms with van der Waals surface area (Å²) in [4.78, 5) is 19.4.